The minimum Gasteiger partial charge on any atom is -0.310 e. The first kappa shape index (κ1) is 19.5. The second-order valence-electron chi connectivity index (χ2n) is 7.51. The van der Waals surface area contributed by atoms with Crippen LogP contribution >= 0.6 is 11.8 Å². The lowest BCUT2D eigenvalue weighted by Gasteiger charge is -2.25. The van der Waals surface area contributed by atoms with Crippen LogP contribution in [0, 0.1) is 20.8 Å². The number of rotatable bonds is 4. The first-order valence-corrected chi connectivity index (χ1v) is 10.6. The lowest BCUT2D eigenvalue weighted by Crippen LogP contribution is -2.31. The molecule has 2 heterocycles. The number of anilines is 1. The number of fused-ring (bicyclic) bond motifs is 1. The molecular weight excluding hydrogens is 382 g/mol. The third-order valence-corrected chi connectivity index (χ3v) is 6.28. The molecule has 3 aromatic rings. The number of hydrogen-bond acceptors (Lipinski definition) is 4. The van der Waals surface area contributed by atoms with Gasteiger partial charge in [0.1, 0.15) is 5.82 Å². The molecular formula is C23H23N3O2S. The van der Waals surface area contributed by atoms with E-state index in [2.05, 4.69) is 40.4 Å². The summed E-state index contributed by atoms with van der Waals surface area (Å²) in [6, 6.07) is 14.2. The van der Waals surface area contributed by atoms with E-state index in [1.807, 2.05) is 38.1 Å². The van der Waals surface area contributed by atoms with Crippen molar-refractivity contribution in [1.29, 1.82) is 0 Å². The van der Waals surface area contributed by atoms with Crippen LogP contribution in [0.5, 0.6) is 0 Å². The van der Waals surface area contributed by atoms with E-state index >= 15 is 0 Å². The third-order valence-electron chi connectivity index (χ3n) is 5.36. The molecule has 148 valence electrons. The number of benzene rings is 2. The van der Waals surface area contributed by atoms with E-state index in [0.717, 1.165) is 16.7 Å². The molecule has 2 N–H and O–H groups in total. The fourth-order valence-electron chi connectivity index (χ4n) is 3.82. The van der Waals surface area contributed by atoms with Crippen LogP contribution in [-0.4, -0.2) is 15.9 Å². The van der Waals surface area contributed by atoms with E-state index in [-0.39, 0.29) is 23.8 Å². The Morgan fingerprint density at radius 3 is 2.62 bits per heavy atom. The zero-order chi connectivity index (χ0) is 20.5. The van der Waals surface area contributed by atoms with Crippen molar-refractivity contribution in [3.05, 3.63) is 86.2 Å². The summed E-state index contributed by atoms with van der Waals surface area (Å²) in [4.78, 5) is 32.8. The summed E-state index contributed by atoms with van der Waals surface area (Å²) in [5, 5.41) is 3.31. The number of thioether (sulfide) groups is 1. The molecule has 0 fully saturated rings. The smallest absolute Gasteiger partial charge is 0.257 e. The van der Waals surface area contributed by atoms with Crippen molar-refractivity contribution in [2.75, 3.05) is 5.32 Å². The highest BCUT2D eigenvalue weighted by atomic mass is 32.2. The molecule has 29 heavy (non-hydrogen) atoms. The minimum atomic E-state index is -0.286. The molecule has 1 aliphatic heterocycles. The van der Waals surface area contributed by atoms with Gasteiger partial charge < -0.3 is 10.3 Å². The van der Waals surface area contributed by atoms with Gasteiger partial charge in [-0.1, -0.05) is 59.8 Å². The summed E-state index contributed by atoms with van der Waals surface area (Å²) in [5.74, 6) is 0.673. The van der Waals surface area contributed by atoms with Crippen molar-refractivity contribution in [3.8, 4) is 0 Å². The van der Waals surface area contributed by atoms with Crippen LogP contribution in [0.15, 0.2) is 52.4 Å². The van der Waals surface area contributed by atoms with E-state index in [1.165, 1.54) is 22.9 Å². The monoisotopic (exact) mass is 405 g/mol. The number of carbonyl (C=O) groups excluding carboxylic acids is 1. The normalized spacial score (nSPS) is 15.7. The van der Waals surface area contributed by atoms with Gasteiger partial charge in [0.25, 0.3) is 5.56 Å². The molecule has 1 amide bonds. The number of nitrogens with one attached hydrogen (secondary N) is 2. The first-order valence-electron chi connectivity index (χ1n) is 9.61. The lowest BCUT2D eigenvalue weighted by atomic mass is 9.84. The summed E-state index contributed by atoms with van der Waals surface area (Å²) in [5.41, 5.74) is 5.97. The lowest BCUT2D eigenvalue weighted by molar-refractivity contribution is -0.116. The van der Waals surface area contributed by atoms with Crippen LogP contribution in [-0.2, 0) is 10.5 Å². The van der Waals surface area contributed by atoms with Gasteiger partial charge in [-0.25, -0.2) is 4.98 Å². The highest BCUT2D eigenvalue weighted by molar-refractivity contribution is 7.98. The summed E-state index contributed by atoms with van der Waals surface area (Å²) < 4.78 is 0. The molecule has 4 rings (SSSR count). The number of carbonyl (C=O) groups is 1. The largest absolute Gasteiger partial charge is 0.310 e. The van der Waals surface area contributed by atoms with Crippen LogP contribution in [0.4, 0.5) is 5.82 Å². The average Bonchev–Trinajstić information content (AvgIpc) is 2.66. The van der Waals surface area contributed by atoms with Gasteiger partial charge in [0.15, 0.2) is 5.16 Å². The number of aromatic nitrogens is 2. The second-order valence-corrected chi connectivity index (χ2v) is 8.48. The van der Waals surface area contributed by atoms with Gasteiger partial charge in [0, 0.05) is 18.1 Å². The van der Waals surface area contributed by atoms with Crippen molar-refractivity contribution < 1.29 is 4.79 Å². The van der Waals surface area contributed by atoms with Gasteiger partial charge in [-0.15, -0.1) is 0 Å². The van der Waals surface area contributed by atoms with Gasteiger partial charge in [-0.2, -0.15) is 0 Å². The van der Waals surface area contributed by atoms with Crippen molar-refractivity contribution >= 4 is 23.5 Å². The Balaban J connectivity index is 1.69. The van der Waals surface area contributed by atoms with Gasteiger partial charge in [-0.05, 0) is 43.0 Å². The van der Waals surface area contributed by atoms with Gasteiger partial charge in [0.05, 0.1) is 5.56 Å². The van der Waals surface area contributed by atoms with Crippen LogP contribution in [0.25, 0.3) is 0 Å². The molecule has 0 saturated heterocycles. The standard InChI is InChI=1S/C23H23N3O2S/c1-13-8-9-17(15(3)10-13)18-11-19(27)24-21-20(18)22(28)26-23(25-21)29-12-16-7-5-4-6-14(16)2/h4-10,18H,11-12H2,1-3H3,(H2,24,25,26,27,28). The predicted octanol–water partition coefficient (Wildman–Crippen LogP) is 4.46. The molecule has 0 radical (unpaired) electrons. The quantitative estimate of drug-likeness (QED) is 0.496. The SMILES string of the molecule is Cc1ccc(C2CC(=O)Nc3nc(SCc4ccccc4C)[nH]c(=O)c32)c(C)c1. The first-order chi connectivity index (χ1) is 13.9. The van der Waals surface area contributed by atoms with Crippen molar-refractivity contribution in [1.82, 2.24) is 9.97 Å². The molecule has 0 saturated carbocycles. The fraction of sp³-hybridized carbons (Fsp3) is 0.261. The molecule has 1 aromatic heterocycles. The van der Waals surface area contributed by atoms with Gasteiger partial charge in [0.2, 0.25) is 5.91 Å². The molecule has 1 unspecified atom stereocenters. The van der Waals surface area contributed by atoms with Crippen molar-refractivity contribution in [2.45, 2.75) is 44.0 Å². The molecule has 1 atom stereocenters. The maximum absolute atomic E-state index is 13.0. The summed E-state index contributed by atoms with van der Waals surface area (Å²) in [6.07, 6.45) is 0.247. The number of aromatic amines is 1. The minimum absolute atomic E-state index is 0.115. The average molecular weight is 406 g/mol. The second kappa shape index (κ2) is 7.87. The van der Waals surface area contributed by atoms with Crippen molar-refractivity contribution in [3.63, 3.8) is 0 Å². The van der Waals surface area contributed by atoms with E-state index in [1.54, 1.807) is 0 Å². The Kier molecular flexibility index (Phi) is 5.28. The molecule has 1 aliphatic rings. The Morgan fingerprint density at radius 1 is 1.07 bits per heavy atom. The fourth-order valence-corrected chi connectivity index (χ4v) is 4.76. The summed E-state index contributed by atoms with van der Waals surface area (Å²) in [7, 11) is 0. The number of aryl methyl sites for hydroxylation is 3. The predicted molar refractivity (Wildman–Crippen MR) is 117 cm³/mol. The number of amides is 1. The Labute approximate surface area is 174 Å². The molecule has 0 spiro atoms. The van der Waals surface area contributed by atoms with Crippen LogP contribution in [0.2, 0.25) is 0 Å². The summed E-state index contributed by atoms with van der Waals surface area (Å²) >= 11 is 1.46. The zero-order valence-electron chi connectivity index (χ0n) is 16.7. The van der Waals surface area contributed by atoms with E-state index in [9.17, 15) is 9.59 Å². The molecule has 0 aliphatic carbocycles. The topological polar surface area (TPSA) is 74.8 Å². The molecule has 0 bridgehead atoms. The zero-order valence-corrected chi connectivity index (χ0v) is 17.5. The molecule has 6 heteroatoms. The van der Waals surface area contributed by atoms with Crippen molar-refractivity contribution in [2.24, 2.45) is 0 Å². The van der Waals surface area contributed by atoms with Gasteiger partial charge in [-0.3, -0.25) is 9.59 Å². The highest BCUT2D eigenvalue weighted by Gasteiger charge is 2.31. The number of hydrogen-bond donors (Lipinski definition) is 2. The number of H-pyrrole nitrogens is 1. The van der Waals surface area contributed by atoms with Crippen LogP contribution in [0.1, 0.15) is 45.7 Å². The highest BCUT2D eigenvalue weighted by Crippen LogP contribution is 2.36. The van der Waals surface area contributed by atoms with Crippen LogP contribution in [0.3, 0.4) is 0 Å². The van der Waals surface area contributed by atoms with E-state index in [0.29, 0.717) is 22.3 Å². The maximum atomic E-state index is 13.0. The van der Waals surface area contributed by atoms with Crippen LogP contribution < -0.4 is 10.9 Å². The molecule has 5 nitrogen and oxygen atoms in total. The number of nitrogens with zero attached hydrogens (tertiary/aromatic N) is 1. The summed E-state index contributed by atoms with van der Waals surface area (Å²) in [6.45, 7) is 6.11. The van der Waals surface area contributed by atoms with E-state index < -0.39 is 0 Å². The Morgan fingerprint density at radius 2 is 1.86 bits per heavy atom. The Hall–Kier alpha value is -2.86. The third kappa shape index (κ3) is 3.98. The Bertz CT molecular complexity index is 1150. The van der Waals surface area contributed by atoms with Gasteiger partial charge >= 0.3 is 0 Å². The maximum Gasteiger partial charge on any atom is 0.257 e. The van der Waals surface area contributed by atoms with E-state index in [4.69, 9.17) is 0 Å². The molecule has 2 aromatic carbocycles.